The zero-order valence-electron chi connectivity index (χ0n) is 14.2. The molecule has 0 fully saturated rings. The summed E-state index contributed by atoms with van der Waals surface area (Å²) >= 11 is 0. The first-order chi connectivity index (χ1) is 12.0. The molecule has 1 amide bonds. The fraction of sp³-hybridized carbons (Fsp3) is 0.143. The van der Waals surface area contributed by atoms with Crippen LogP contribution in [0, 0.1) is 0 Å². The van der Waals surface area contributed by atoms with E-state index in [0.717, 1.165) is 16.5 Å². The number of nitrogens with one attached hydrogen (secondary N) is 2. The molecule has 0 saturated heterocycles. The number of carbonyl (C=O) groups is 2. The van der Waals surface area contributed by atoms with Crippen LogP contribution in [0.3, 0.4) is 0 Å². The van der Waals surface area contributed by atoms with Crippen molar-refractivity contribution in [2.45, 2.75) is 19.9 Å². The van der Waals surface area contributed by atoms with Crippen molar-refractivity contribution in [3.8, 4) is 0 Å². The Balaban J connectivity index is 1.77. The number of carbonyl (C=O) groups excluding carboxylic acids is 2. The molecule has 4 heteroatoms. The van der Waals surface area contributed by atoms with Gasteiger partial charge in [-0.2, -0.15) is 0 Å². The Morgan fingerprint density at radius 3 is 2.28 bits per heavy atom. The van der Waals surface area contributed by atoms with E-state index in [9.17, 15) is 9.59 Å². The largest absolute Gasteiger partial charge is 0.375 e. The highest BCUT2D eigenvalue weighted by molar-refractivity contribution is 6.03. The Hall–Kier alpha value is -3.14. The number of anilines is 2. The highest BCUT2D eigenvalue weighted by Gasteiger charge is 2.16. The van der Waals surface area contributed by atoms with E-state index in [0.29, 0.717) is 11.3 Å². The Morgan fingerprint density at radius 1 is 0.880 bits per heavy atom. The number of amides is 1. The van der Waals surface area contributed by atoms with Crippen LogP contribution in [-0.2, 0) is 4.79 Å². The second-order valence-corrected chi connectivity index (χ2v) is 6.02. The lowest BCUT2D eigenvalue weighted by Crippen LogP contribution is -2.26. The van der Waals surface area contributed by atoms with Crippen molar-refractivity contribution in [2.75, 3.05) is 10.6 Å². The molecule has 0 aliphatic heterocycles. The minimum atomic E-state index is -0.363. The van der Waals surface area contributed by atoms with E-state index in [1.165, 1.54) is 6.92 Å². The van der Waals surface area contributed by atoms with Crippen LogP contribution in [0.5, 0.6) is 0 Å². The van der Waals surface area contributed by atoms with Gasteiger partial charge >= 0.3 is 0 Å². The van der Waals surface area contributed by atoms with Gasteiger partial charge in [-0.15, -0.1) is 0 Å². The summed E-state index contributed by atoms with van der Waals surface area (Å²) < 4.78 is 0. The highest BCUT2D eigenvalue weighted by Crippen LogP contribution is 2.24. The molecule has 4 nitrogen and oxygen atoms in total. The number of Topliss-reactive ketones (excluding diaryl/α,β-unsaturated/α-hetero) is 1. The van der Waals surface area contributed by atoms with Crippen LogP contribution < -0.4 is 10.6 Å². The van der Waals surface area contributed by atoms with Gasteiger partial charge in [0.05, 0.1) is 6.04 Å². The van der Waals surface area contributed by atoms with Crippen LogP contribution in [0.25, 0.3) is 10.8 Å². The lowest BCUT2D eigenvalue weighted by molar-refractivity contribution is -0.114. The topological polar surface area (TPSA) is 58.2 Å². The third-order valence-electron chi connectivity index (χ3n) is 4.04. The molecular formula is C21H20N2O2. The molecule has 0 spiro atoms. The van der Waals surface area contributed by atoms with Crippen molar-refractivity contribution in [1.82, 2.24) is 0 Å². The Morgan fingerprint density at radius 2 is 1.56 bits per heavy atom. The SMILES string of the molecule is CC(=O)Nc1ccc(C(=O)C(C)Nc2cccc3ccccc23)cc1. The van der Waals surface area contributed by atoms with Crippen LogP contribution in [0.4, 0.5) is 11.4 Å². The van der Waals surface area contributed by atoms with E-state index >= 15 is 0 Å². The first-order valence-corrected chi connectivity index (χ1v) is 8.21. The molecule has 0 saturated carbocycles. The number of rotatable bonds is 5. The predicted molar refractivity (Wildman–Crippen MR) is 102 cm³/mol. The minimum Gasteiger partial charge on any atom is -0.375 e. The predicted octanol–water partition coefficient (Wildman–Crippen LogP) is 4.48. The molecule has 0 radical (unpaired) electrons. The molecule has 0 bridgehead atoms. The monoisotopic (exact) mass is 332 g/mol. The van der Waals surface area contributed by atoms with Crippen LogP contribution in [0.15, 0.2) is 66.7 Å². The molecule has 3 aromatic rings. The number of ketones is 1. The minimum absolute atomic E-state index is 0.00214. The first kappa shape index (κ1) is 16.7. The maximum absolute atomic E-state index is 12.7. The van der Waals surface area contributed by atoms with Gasteiger partial charge in [-0.05, 0) is 42.6 Å². The molecule has 0 aliphatic carbocycles. The van der Waals surface area contributed by atoms with E-state index in [1.807, 2.05) is 49.4 Å². The summed E-state index contributed by atoms with van der Waals surface area (Å²) in [6, 6.07) is 20.6. The van der Waals surface area contributed by atoms with Crippen molar-refractivity contribution in [1.29, 1.82) is 0 Å². The third kappa shape index (κ3) is 3.86. The Kier molecular flexibility index (Phi) is 4.80. The molecule has 0 aromatic heterocycles. The molecule has 1 unspecified atom stereocenters. The van der Waals surface area contributed by atoms with Gasteiger partial charge in [0.1, 0.15) is 0 Å². The second kappa shape index (κ2) is 7.18. The van der Waals surface area contributed by atoms with Crippen molar-refractivity contribution in [2.24, 2.45) is 0 Å². The molecule has 0 aliphatic rings. The number of benzene rings is 3. The summed E-state index contributed by atoms with van der Waals surface area (Å²) in [6.45, 7) is 3.31. The molecule has 1 atom stereocenters. The summed E-state index contributed by atoms with van der Waals surface area (Å²) in [6.07, 6.45) is 0. The van der Waals surface area contributed by atoms with E-state index in [-0.39, 0.29) is 17.7 Å². The Labute approximate surface area is 146 Å². The molecule has 2 N–H and O–H groups in total. The van der Waals surface area contributed by atoms with Crippen LogP contribution in [0.2, 0.25) is 0 Å². The number of hydrogen-bond donors (Lipinski definition) is 2. The van der Waals surface area contributed by atoms with Gasteiger partial charge in [0.15, 0.2) is 5.78 Å². The van der Waals surface area contributed by atoms with Crippen LogP contribution in [-0.4, -0.2) is 17.7 Å². The van der Waals surface area contributed by atoms with Crippen LogP contribution in [0.1, 0.15) is 24.2 Å². The summed E-state index contributed by atoms with van der Waals surface area (Å²) in [4.78, 5) is 23.7. The fourth-order valence-electron chi connectivity index (χ4n) is 2.82. The molecule has 3 rings (SSSR count). The number of hydrogen-bond acceptors (Lipinski definition) is 3. The molecular weight excluding hydrogens is 312 g/mol. The van der Waals surface area contributed by atoms with Gasteiger partial charge in [-0.3, -0.25) is 9.59 Å². The van der Waals surface area contributed by atoms with Crippen molar-refractivity contribution in [3.05, 3.63) is 72.3 Å². The third-order valence-corrected chi connectivity index (χ3v) is 4.04. The van der Waals surface area contributed by atoms with Gasteiger partial charge in [0.2, 0.25) is 5.91 Å². The van der Waals surface area contributed by atoms with Crippen molar-refractivity contribution in [3.63, 3.8) is 0 Å². The zero-order valence-corrected chi connectivity index (χ0v) is 14.2. The van der Waals surface area contributed by atoms with Gasteiger partial charge in [0.25, 0.3) is 0 Å². The number of fused-ring (bicyclic) bond motifs is 1. The second-order valence-electron chi connectivity index (χ2n) is 6.02. The highest BCUT2D eigenvalue weighted by atomic mass is 16.1. The van der Waals surface area contributed by atoms with E-state index < -0.39 is 0 Å². The van der Waals surface area contributed by atoms with Crippen molar-refractivity contribution >= 4 is 33.8 Å². The van der Waals surface area contributed by atoms with Gasteiger partial charge in [-0.25, -0.2) is 0 Å². The van der Waals surface area contributed by atoms with Crippen molar-refractivity contribution < 1.29 is 9.59 Å². The zero-order chi connectivity index (χ0) is 17.8. The average molecular weight is 332 g/mol. The maximum Gasteiger partial charge on any atom is 0.221 e. The molecule has 0 heterocycles. The van der Waals surface area contributed by atoms with E-state index in [2.05, 4.69) is 10.6 Å². The Bertz CT molecular complexity index is 911. The molecule has 3 aromatic carbocycles. The summed E-state index contributed by atoms with van der Waals surface area (Å²) in [5, 5.41) is 8.22. The summed E-state index contributed by atoms with van der Waals surface area (Å²) in [5.41, 5.74) is 2.22. The maximum atomic E-state index is 12.7. The average Bonchev–Trinajstić information content (AvgIpc) is 2.61. The summed E-state index contributed by atoms with van der Waals surface area (Å²) in [5.74, 6) is -0.132. The first-order valence-electron chi connectivity index (χ1n) is 8.21. The molecule has 25 heavy (non-hydrogen) atoms. The lowest BCUT2D eigenvalue weighted by Gasteiger charge is -2.16. The van der Waals surface area contributed by atoms with E-state index in [1.54, 1.807) is 24.3 Å². The normalized spacial score (nSPS) is 11.8. The van der Waals surface area contributed by atoms with Gasteiger partial charge < -0.3 is 10.6 Å². The van der Waals surface area contributed by atoms with Gasteiger partial charge in [-0.1, -0.05) is 36.4 Å². The lowest BCUT2D eigenvalue weighted by atomic mass is 10.0. The quantitative estimate of drug-likeness (QED) is 0.677. The summed E-state index contributed by atoms with van der Waals surface area (Å²) in [7, 11) is 0. The fourth-order valence-corrected chi connectivity index (χ4v) is 2.82. The van der Waals surface area contributed by atoms with Crippen LogP contribution >= 0.6 is 0 Å². The standard InChI is InChI=1S/C21H20N2O2/c1-14(21(25)17-10-12-18(13-11-17)23-15(2)24)22-20-9-5-7-16-6-3-4-8-19(16)20/h3-14,22H,1-2H3,(H,23,24). The smallest absolute Gasteiger partial charge is 0.221 e. The van der Waals surface area contributed by atoms with E-state index in [4.69, 9.17) is 0 Å². The van der Waals surface area contributed by atoms with Gasteiger partial charge in [0, 0.05) is 29.2 Å². The molecule has 126 valence electrons.